The number of hydrogen-bond donors (Lipinski definition) is 8. The number of β-amino-alcohol motifs (C(OH)–C–C–N with tert-alkyl or cyclic N) is 1. The third-order valence-electron chi connectivity index (χ3n) is 11.5. The fraction of sp³-hybridized carbons (Fsp3) is 0.732. The molecule has 22 nitrogen and oxygen atoms in total. The van der Waals surface area contributed by atoms with Crippen LogP contribution in [-0.4, -0.2) is 160 Å². The molecule has 3 fully saturated rings. The van der Waals surface area contributed by atoms with E-state index in [-0.39, 0.29) is 82.6 Å². The molecule has 63 heavy (non-hydrogen) atoms. The first-order valence-electron chi connectivity index (χ1n) is 21.8. The Balaban J connectivity index is 1.67. The second kappa shape index (κ2) is 25.7. The number of carbonyl (C=O) groups excluding carboxylic acids is 10. The van der Waals surface area contributed by atoms with Crippen molar-refractivity contribution in [2.24, 2.45) is 17.4 Å². The summed E-state index contributed by atoms with van der Waals surface area (Å²) in [7, 11) is 1.38. The largest absolute Gasteiger partial charge is 0.391 e. The monoisotopic (exact) mass is 890 g/mol. The lowest BCUT2D eigenvalue weighted by Crippen LogP contribution is -2.54. The van der Waals surface area contributed by atoms with Crippen LogP contribution in [0.1, 0.15) is 110 Å². The number of hydroxylamine groups is 1. The van der Waals surface area contributed by atoms with Crippen LogP contribution in [0, 0.1) is 11.3 Å². The van der Waals surface area contributed by atoms with Crippen molar-refractivity contribution >= 4 is 64.6 Å². The van der Waals surface area contributed by atoms with Gasteiger partial charge in [0, 0.05) is 65.2 Å². The number of unbranched alkanes of at least 4 members (excludes halogenated alkanes) is 1. The van der Waals surface area contributed by atoms with E-state index in [4.69, 9.17) is 21.7 Å². The standard InChI is InChI=1S/C41H66N10O12/c1-4-32(54)29-10-7-15-49(29)36(57)20-33(55)31-19-27(53)23-51(31)35(56)18-25(13-14-38(59)63-45-3)17-26(52)21-46-40(61)28(9-5-6-12-34(43)44)48-41(62)30-11-8-16-50(30)37(58)22-47-39(60)24(2)42/h24-25,27-31,45,53H,4-23,42H2,1-3H3,(H3,43,44)(H,46,61)(H,47,60)(H,48,62). The Morgan fingerprint density at radius 3 is 2.08 bits per heavy atom. The molecule has 0 aliphatic carbocycles. The number of nitrogens with zero attached hydrogens (tertiary/aromatic N) is 3. The molecule has 3 aliphatic heterocycles. The van der Waals surface area contributed by atoms with E-state index in [1.807, 2.05) is 0 Å². The maximum Gasteiger partial charge on any atom is 0.324 e. The van der Waals surface area contributed by atoms with Gasteiger partial charge < -0.3 is 52.1 Å². The minimum atomic E-state index is -1.15. The van der Waals surface area contributed by atoms with E-state index in [1.54, 1.807) is 6.92 Å². The van der Waals surface area contributed by atoms with Gasteiger partial charge in [-0.2, -0.15) is 5.48 Å². The molecule has 0 aromatic heterocycles. The number of rotatable bonds is 26. The van der Waals surface area contributed by atoms with Crippen LogP contribution >= 0.6 is 0 Å². The minimum absolute atomic E-state index is 0.00159. The minimum Gasteiger partial charge on any atom is -0.391 e. The lowest BCUT2D eigenvalue weighted by molar-refractivity contribution is -0.150. The van der Waals surface area contributed by atoms with Crippen LogP contribution in [0.15, 0.2) is 0 Å². The summed E-state index contributed by atoms with van der Waals surface area (Å²) in [5.74, 6) is -6.18. The molecule has 7 unspecified atom stereocenters. The highest BCUT2D eigenvalue weighted by molar-refractivity contribution is 6.03. The number of aliphatic hydroxyl groups excluding tert-OH is 1. The van der Waals surface area contributed by atoms with Crippen LogP contribution in [0.2, 0.25) is 0 Å². The van der Waals surface area contributed by atoms with Crippen molar-refractivity contribution in [2.45, 2.75) is 146 Å². The van der Waals surface area contributed by atoms with Gasteiger partial charge in [-0.15, -0.1) is 0 Å². The zero-order chi connectivity index (χ0) is 46.8. The van der Waals surface area contributed by atoms with Gasteiger partial charge in [0.05, 0.1) is 49.6 Å². The van der Waals surface area contributed by atoms with Crippen molar-refractivity contribution in [2.75, 3.05) is 39.8 Å². The molecule has 352 valence electrons. The number of aliphatic hydroxyl groups is 1. The normalized spacial score (nSPS) is 20.9. The molecule has 0 spiro atoms. The van der Waals surface area contributed by atoms with Crippen molar-refractivity contribution in [3.63, 3.8) is 0 Å². The maximum atomic E-state index is 13.8. The predicted octanol–water partition coefficient (Wildman–Crippen LogP) is -2.15. The Morgan fingerprint density at radius 2 is 1.44 bits per heavy atom. The molecule has 0 aromatic carbocycles. The van der Waals surface area contributed by atoms with E-state index in [0.29, 0.717) is 45.1 Å². The Kier molecular flexibility index (Phi) is 21.2. The van der Waals surface area contributed by atoms with Gasteiger partial charge in [-0.3, -0.25) is 53.4 Å². The highest BCUT2D eigenvalue weighted by Gasteiger charge is 2.42. The number of nitrogens with two attached hydrogens (primary N) is 2. The highest BCUT2D eigenvalue weighted by Crippen LogP contribution is 2.27. The molecule has 3 saturated heterocycles. The van der Waals surface area contributed by atoms with Crippen LogP contribution in [0.3, 0.4) is 0 Å². The summed E-state index contributed by atoms with van der Waals surface area (Å²) in [5, 5.41) is 25.7. The molecule has 7 atom stereocenters. The fourth-order valence-corrected chi connectivity index (χ4v) is 8.19. The number of carbonyl (C=O) groups is 10. The van der Waals surface area contributed by atoms with Gasteiger partial charge in [0.25, 0.3) is 0 Å². The predicted molar refractivity (Wildman–Crippen MR) is 225 cm³/mol. The first kappa shape index (κ1) is 52.0. The second-order valence-electron chi connectivity index (χ2n) is 16.5. The molecule has 10 N–H and O–H groups in total. The average Bonchev–Trinajstić information content (AvgIpc) is 4.02. The number of likely N-dealkylation sites (tertiary alicyclic amines) is 3. The molecule has 3 heterocycles. The number of ketones is 3. The molecule has 0 radical (unpaired) electrons. The van der Waals surface area contributed by atoms with Crippen LogP contribution in [0.5, 0.6) is 0 Å². The first-order chi connectivity index (χ1) is 29.9. The topological polar surface area (TPSA) is 334 Å². The summed E-state index contributed by atoms with van der Waals surface area (Å²) < 4.78 is 0. The molecule has 6 amide bonds. The van der Waals surface area contributed by atoms with Crippen molar-refractivity contribution < 1.29 is 57.9 Å². The lowest BCUT2D eigenvalue weighted by Gasteiger charge is -2.27. The van der Waals surface area contributed by atoms with Crippen molar-refractivity contribution in [1.29, 1.82) is 5.41 Å². The van der Waals surface area contributed by atoms with Crippen LogP contribution in [0.25, 0.3) is 0 Å². The van der Waals surface area contributed by atoms with E-state index in [0.717, 1.165) is 0 Å². The Labute approximate surface area is 367 Å². The maximum absolute atomic E-state index is 13.8. The number of Topliss-reactive ketones (excluding diaryl/α,β-unsaturated/α-hetero) is 3. The smallest absolute Gasteiger partial charge is 0.324 e. The van der Waals surface area contributed by atoms with Gasteiger partial charge in [0.1, 0.15) is 12.1 Å². The number of hydrogen-bond acceptors (Lipinski definition) is 15. The Morgan fingerprint density at radius 1 is 0.794 bits per heavy atom. The van der Waals surface area contributed by atoms with E-state index < -0.39 is 108 Å². The molecular weight excluding hydrogens is 825 g/mol. The van der Waals surface area contributed by atoms with Crippen molar-refractivity contribution in [3.05, 3.63) is 0 Å². The van der Waals surface area contributed by atoms with Gasteiger partial charge in [0.2, 0.25) is 35.4 Å². The van der Waals surface area contributed by atoms with Crippen molar-refractivity contribution in [1.82, 2.24) is 36.1 Å². The molecule has 3 aliphatic rings. The van der Waals surface area contributed by atoms with E-state index >= 15 is 0 Å². The zero-order valence-electron chi connectivity index (χ0n) is 36.6. The molecule has 0 bridgehead atoms. The Hall–Kier alpha value is -5.35. The lowest BCUT2D eigenvalue weighted by atomic mass is 9.92. The molecule has 3 rings (SSSR count). The van der Waals surface area contributed by atoms with Crippen molar-refractivity contribution in [3.8, 4) is 0 Å². The van der Waals surface area contributed by atoms with Gasteiger partial charge in [-0.25, -0.2) is 0 Å². The van der Waals surface area contributed by atoms with E-state index in [1.165, 1.54) is 28.7 Å². The van der Waals surface area contributed by atoms with Gasteiger partial charge in [-0.1, -0.05) is 13.3 Å². The van der Waals surface area contributed by atoms with Crippen LogP contribution in [0.4, 0.5) is 0 Å². The number of amidine groups is 1. The number of nitrogens with one attached hydrogen (secondary N) is 5. The quantitative estimate of drug-likeness (QED) is 0.0151. The van der Waals surface area contributed by atoms with Gasteiger partial charge >= 0.3 is 5.97 Å². The first-order valence-corrected chi connectivity index (χ1v) is 21.8. The molecule has 0 saturated carbocycles. The SMILES string of the molecule is CCC(=O)C1CCCN1C(=O)CC(=O)C1CC(O)CN1C(=O)CC(CCC(=O)ONC)CC(=O)CNC(=O)C(CCCCC(=N)N)NC(=O)C1CCCN1C(=O)CNC(=O)C(C)N. The zero-order valence-corrected chi connectivity index (χ0v) is 36.6. The fourth-order valence-electron chi connectivity index (χ4n) is 8.19. The summed E-state index contributed by atoms with van der Waals surface area (Å²) in [4.78, 5) is 139. The second-order valence-corrected chi connectivity index (χ2v) is 16.5. The molecular formula is C41H66N10O12. The summed E-state index contributed by atoms with van der Waals surface area (Å²) >= 11 is 0. The van der Waals surface area contributed by atoms with Crippen LogP contribution < -0.4 is 32.9 Å². The van der Waals surface area contributed by atoms with Gasteiger partial charge in [0.15, 0.2) is 17.3 Å². The summed E-state index contributed by atoms with van der Waals surface area (Å²) in [6.45, 7) is 2.67. The summed E-state index contributed by atoms with van der Waals surface area (Å²) in [6, 6.07) is -4.63. The van der Waals surface area contributed by atoms with E-state index in [2.05, 4.69) is 21.4 Å². The summed E-state index contributed by atoms with van der Waals surface area (Å²) in [5.41, 5.74) is 13.3. The van der Waals surface area contributed by atoms with E-state index in [9.17, 15) is 53.1 Å². The van der Waals surface area contributed by atoms with Gasteiger partial charge in [-0.05, 0) is 57.8 Å². The van der Waals surface area contributed by atoms with Crippen LogP contribution in [-0.2, 0) is 52.8 Å². The molecule has 22 heteroatoms. The summed E-state index contributed by atoms with van der Waals surface area (Å²) in [6.07, 6.45) is 0.824. The third kappa shape index (κ3) is 16.4. The number of amides is 6. The Bertz CT molecular complexity index is 1710. The third-order valence-corrected chi connectivity index (χ3v) is 11.5. The molecule has 0 aromatic rings. The highest BCUT2D eigenvalue weighted by atomic mass is 16.7. The average molecular weight is 891 g/mol.